The summed E-state index contributed by atoms with van der Waals surface area (Å²) in [5.41, 5.74) is 1.09. The van der Waals surface area contributed by atoms with Gasteiger partial charge in [-0.15, -0.1) is 0 Å². The van der Waals surface area contributed by atoms with E-state index in [1.165, 1.54) is 48.6 Å². The highest BCUT2D eigenvalue weighted by Crippen LogP contribution is 2.38. The van der Waals surface area contributed by atoms with Crippen molar-refractivity contribution < 1.29 is 74.1 Å². The number of benzene rings is 2. The van der Waals surface area contributed by atoms with Crippen LogP contribution in [0.15, 0.2) is 60.7 Å². The molecule has 0 bridgehead atoms. The van der Waals surface area contributed by atoms with Gasteiger partial charge in [0.15, 0.2) is 12.4 Å². The van der Waals surface area contributed by atoms with Crippen LogP contribution in [0.2, 0.25) is 0 Å². The maximum Gasteiger partial charge on any atom is 0.331 e. The Kier molecular flexibility index (Phi) is 11.3. The summed E-state index contributed by atoms with van der Waals surface area (Å²) in [7, 11) is 0. The fourth-order valence-corrected chi connectivity index (χ4v) is 4.64. The zero-order chi connectivity index (χ0) is 32.7. The maximum absolute atomic E-state index is 12.7. The first-order valence-electron chi connectivity index (χ1n) is 13.7. The number of aliphatic hydroxyl groups is 6. The van der Waals surface area contributed by atoms with E-state index in [4.69, 9.17) is 23.7 Å². The number of carbonyl (C=O) groups is 2. The molecule has 0 aromatic heterocycles. The molecule has 0 amide bonds. The lowest BCUT2D eigenvalue weighted by Gasteiger charge is -2.43. The Bertz CT molecular complexity index is 1340. The molecule has 15 heteroatoms. The van der Waals surface area contributed by atoms with Crippen LogP contribution >= 0.6 is 0 Å². The molecule has 2 aliphatic heterocycles. The Morgan fingerprint density at radius 3 is 1.84 bits per heavy atom. The van der Waals surface area contributed by atoms with E-state index in [0.29, 0.717) is 11.1 Å². The van der Waals surface area contributed by atoms with Gasteiger partial charge in [0.05, 0.1) is 6.61 Å². The van der Waals surface area contributed by atoms with Crippen molar-refractivity contribution in [3.8, 4) is 11.5 Å². The van der Waals surface area contributed by atoms with E-state index in [1.54, 1.807) is 12.1 Å². The minimum atomic E-state index is -2.43. The van der Waals surface area contributed by atoms with Crippen molar-refractivity contribution in [3.05, 3.63) is 71.8 Å². The molecule has 244 valence electrons. The summed E-state index contributed by atoms with van der Waals surface area (Å²) >= 11 is 0. The summed E-state index contributed by atoms with van der Waals surface area (Å²) in [6.45, 7) is -2.53. The van der Waals surface area contributed by atoms with Gasteiger partial charge in [0.25, 0.3) is 0 Å². The van der Waals surface area contributed by atoms with E-state index >= 15 is 0 Å². The van der Waals surface area contributed by atoms with Gasteiger partial charge < -0.3 is 64.5 Å². The molecular formula is C30H34O15. The molecule has 2 aliphatic rings. The predicted octanol–water partition coefficient (Wildman–Crippen LogP) is -1.46. The normalized spacial score (nSPS) is 31.8. The van der Waals surface area contributed by atoms with Gasteiger partial charge in [0, 0.05) is 12.2 Å². The van der Waals surface area contributed by atoms with E-state index in [2.05, 4.69) is 0 Å². The number of hydrogen-bond acceptors (Lipinski definition) is 15. The number of aliphatic hydroxyl groups excluding tert-OH is 6. The van der Waals surface area contributed by atoms with Crippen LogP contribution in [0.25, 0.3) is 12.2 Å². The Morgan fingerprint density at radius 2 is 1.31 bits per heavy atom. The van der Waals surface area contributed by atoms with Gasteiger partial charge in [-0.1, -0.05) is 24.3 Å². The molecule has 8 N–H and O–H groups in total. The zero-order valence-electron chi connectivity index (χ0n) is 23.6. The van der Waals surface area contributed by atoms with Gasteiger partial charge in [0.1, 0.15) is 61.3 Å². The molecule has 0 saturated carbocycles. The molecule has 0 spiro atoms. The molecule has 4 rings (SSSR count). The number of phenolic OH excluding ortho intramolecular Hbond substituents is 2. The first-order chi connectivity index (χ1) is 21.5. The predicted molar refractivity (Wildman–Crippen MR) is 151 cm³/mol. The van der Waals surface area contributed by atoms with E-state index in [0.717, 1.165) is 12.2 Å². The molecule has 2 fully saturated rings. The van der Waals surface area contributed by atoms with Gasteiger partial charge in [0.2, 0.25) is 5.79 Å². The first-order valence-corrected chi connectivity index (χ1v) is 13.7. The van der Waals surface area contributed by atoms with E-state index in [-0.39, 0.29) is 11.5 Å². The van der Waals surface area contributed by atoms with Gasteiger partial charge in [-0.05, 0) is 47.5 Å². The molecule has 2 aromatic carbocycles. The van der Waals surface area contributed by atoms with Crippen LogP contribution in [0.3, 0.4) is 0 Å². The number of phenols is 2. The highest BCUT2D eigenvalue weighted by atomic mass is 16.8. The lowest BCUT2D eigenvalue weighted by atomic mass is 9.99. The van der Waals surface area contributed by atoms with Crippen LogP contribution in [-0.2, 0) is 33.3 Å². The second-order valence-corrected chi connectivity index (χ2v) is 10.3. The quantitative estimate of drug-likeness (QED) is 0.104. The highest BCUT2D eigenvalue weighted by Gasteiger charge is 2.60. The van der Waals surface area contributed by atoms with E-state index < -0.39 is 86.6 Å². The molecule has 0 aliphatic carbocycles. The molecular weight excluding hydrogens is 600 g/mol. The van der Waals surface area contributed by atoms with Gasteiger partial charge >= 0.3 is 11.9 Å². The second-order valence-electron chi connectivity index (χ2n) is 10.3. The lowest BCUT2D eigenvalue weighted by molar-refractivity contribution is -0.383. The van der Waals surface area contributed by atoms with E-state index in [1.807, 2.05) is 0 Å². The SMILES string of the molecule is O=C(/C=C/c1ccc(O)cc1)OC[C@H]1O[C@H](O[C@]2(CO)O[C@H](CO)[C@@H](O)[C@@H]2OC(=O)/C=C/c2ccc(O)cc2)[C@H](O)[C@@H](O)[C@@H]1O. The largest absolute Gasteiger partial charge is 0.508 e. The number of carbonyl (C=O) groups excluding carboxylic acids is 2. The standard InChI is InChI=1S/C30H34O15/c31-13-20-25(38)28(43-23(36)12-6-17-3-9-19(34)10-4-17)30(15-32,44-20)45-29-27(40)26(39)24(37)21(42-29)14-41-22(35)11-5-16-1-7-18(33)8-2-16/h1-12,20-21,24-29,31-34,37-40H,13-15H2/b11-5+,12-6+/t20-,21-,24-,25-,26+,27-,28+,29-,30+/m1/s1. The Morgan fingerprint density at radius 1 is 0.756 bits per heavy atom. The zero-order valence-corrected chi connectivity index (χ0v) is 23.6. The Labute approximate surface area is 256 Å². The van der Waals surface area contributed by atoms with Gasteiger partial charge in [-0.25, -0.2) is 9.59 Å². The summed E-state index contributed by atoms with van der Waals surface area (Å²) < 4.78 is 27.2. The third-order valence-electron chi connectivity index (χ3n) is 7.10. The first kappa shape index (κ1) is 34.0. The molecule has 45 heavy (non-hydrogen) atoms. The fraction of sp³-hybridized carbons (Fsp3) is 0.400. The van der Waals surface area contributed by atoms with Crippen molar-refractivity contribution in [3.63, 3.8) is 0 Å². The Hall–Kier alpha value is -3.90. The van der Waals surface area contributed by atoms with Crippen molar-refractivity contribution >= 4 is 24.1 Å². The third-order valence-corrected chi connectivity index (χ3v) is 7.10. The van der Waals surface area contributed by atoms with Crippen molar-refractivity contribution in [1.82, 2.24) is 0 Å². The summed E-state index contributed by atoms with van der Waals surface area (Å²) in [6.07, 6.45) is -9.17. The van der Waals surface area contributed by atoms with Crippen LogP contribution < -0.4 is 0 Å². The number of esters is 2. The third kappa shape index (κ3) is 8.23. The fourth-order valence-electron chi connectivity index (χ4n) is 4.64. The van der Waals surface area contributed by atoms with Crippen molar-refractivity contribution in [2.75, 3.05) is 19.8 Å². The molecule has 0 radical (unpaired) electrons. The van der Waals surface area contributed by atoms with Crippen LogP contribution in [0.1, 0.15) is 11.1 Å². The maximum atomic E-state index is 12.7. The molecule has 0 unspecified atom stereocenters. The van der Waals surface area contributed by atoms with Crippen LogP contribution in [0.4, 0.5) is 0 Å². The molecule has 2 heterocycles. The number of ether oxygens (including phenoxy) is 5. The monoisotopic (exact) mass is 634 g/mol. The average Bonchev–Trinajstić information content (AvgIpc) is 3.30. The number of hydrogen-bond donors (Lipinski definition) is 8. The minimum Gasteiger partial charge on any atom is -0.508 e. The molecule has 15 nitrogen and oxygen atoms in total. The number of aromatic hydroxyl groups is 2. The van der Waals surface area contributed by atoms with Crippen molar-refractivity contribution in [1.29, 1.82) is 0 Å². The molecule has 2 aromatic rings. The molecule has 9 atom stereocenters. The summed E-state index contributed by atoms with van der Waals surface area (Å²) in [5.74, 6) is -4.27. The summed E-state index contributed by atoms with van der Waals surface area (Å²) in [4.78, 5) is 24.9. The van der Waals surface area contributed by atoms with E-state index in [9.17, 15) is 50.4 Å². The molecule has 2 saturated heterocycles. The summed E-state index contributed by atoms with van der Waals surface area (Å²) in [6, 6.07) is 11.7. The van der Waals surface area contributed by atoms with Crippen molar-refractivity contribution in [2.45, 2.75) is 54.8 Å². The van der Waals surface area contributed by atoms with Gasteiger partial charge in [-0.3, -0.25) is 0 Å². The summed E-state index contributed by atoms with van der Waals surface area (Å²) in [5, 5.41) is 81.0. The van der Waals surface area contributed by atoms with Crippen LogP contribution in [-0.4, -0.2) is 127 Å². The van der Waals surface area contributed by atoms with Crippen LogP contribution in [0, 0.1) is 0 Å². The number of rotatable bonds is 11. The average molecular weight is 635 g/mol. The topological polar surface area (TPSA) is 242 Å². The Balaban J connectivity index is 1.45. The smallest absolute Gasteiger partial charge is 0.331 e. The lowest BCUT2D eigenvalue weighted by Crippen LogP contribution is -2.63. The van der Waals surface area contributed by atoms with Crippen molar-refractivity contribution in [2.24, 2.45) is 0 Å². The highest BCUT2D eigenvalue weighted by molar-refractivity contribution is 5.87. The minimum absolute atomic E-state index is 0.00786. The second kappa shape index (κ2) is 14.9. The van der Waals surface area contributed by atoms with Gasteiger partial charge in [-0.2, -0.15) is 0 Å². The van der Waals surface area contributed by atoms with Crippen LogP contribution in [0.5, 0.6) is 11.5 Å².